The smallest absolute Gasteiger partial charge is 0.254 e. The number of ether oxygens (including phenoxy) is 1. The Morgan fingerprint density at radius 1 is 1.16 bits per heavy atom. The van der Waals surface area contributed by atoms with Gasteiger partial charge in [0.15, 0.2) is 5.65 Å². The second-order valence-electron chi connectivity index (χ2n) is 10.5. The minimum absolute atomic E-state index is 0.207. The van der Waals surface area contributed by atoms with Crippen molar-refractivity contribution in [3.8, 4) is 6.07 Å². The van der Waals surface area contributed by atoms with E-state index in [2.05, 4.69) is 39.3 Å². The lowest BCUT2D eigenvalue weighted by atomic mass is 10.0. The number of carbonyl (C=O) groups is 2. The Hall–Kier alpha value is -4.27. The highest BCUT2D eigenvalue weighted by molar-refractivity contribution is 9.10. The van der Waals surface area contributed by atoms with Crippen LogP contribution in [0.3, 0.4) is 0 Å². The zero-order valence-corrected chi connectivity index (χ0v) is 25.9. The average molecular weight is 645 g/mol. The van der Waals surface area contributed by atoms with Gasteiger partial charge in [0.25, 0.3) is 5.91 Å². The van der Waals surface area contributed by atoms with Gasteiger partial charge in [-0.3, -0.25) is 9.59 Å². The van der Waals surface area contributed by atoms with Crippen molar-refractivity contribution in [3.63, 3.8) is 0 Å². The first-order valence-corrected chi connectivity index (χ1v) is 15.2. The van der Waals surface area contributed by atoms with Crippen LogP contribution in [0.4, 0.5) is 5.69 Å². The lowest BCUT2D eigenvalue weighted by molar-refractivity contribution is 0.0729. The maximum Gasteiger partial charge on any atom is 0.254 e. The SMILES string of the molecule is CCc1nc2c(cnn2CC)c(NC2CCOCC2)c1CN(Cc1ccc(C#N)c(Br)c1)C(=O)c1cccc(C(N)=O)c1. The second-order valence-corrected chi connectivity index (χ2v) is 11.4. The first-order chi connectivity index (χ1) is 20.8. The van der Waals surface area contributed by atoms with E-state index < -0.39 is 5.91 Å². The van der Waals surface area contributed by atoms with Crippen LogP contribution in [0.25, 0.3) is 11.0 Å². The zero-order chi connectivity index (χ0) is 30.5. The fraction of sp³-hybridized carbons (Fsp3) is 0.344. The normalized spacial score (nSPS) is 13.5. The van der Waals surface area contributed by atoms with Gasteiger partial charge in [0.1, 0.15) is 6.07 Å². The molecule has 0 bridgehead atoms. The predicted molar refractivity (Wildman–Crippen MR) is 167 cm³/mol. The molecular weight excluding hydrogens is 610 g/mol. The van der Waals surface area contributed by atoms with Crippen molar-refractivity contribution in [2.75, 3.05) is 18.5 Å². The number of fused-ring (bicyclic) bond motifs is 1. The first-order valence-electron chi connectivity index (χ1n) is 14.4. The number of hydrogen-bond donors (Lipinski definition) is 2. The van der Waals surface area contributed by atoms with Crippen LogP contribution >= 0.6 is 15.9 Å². The maximum atomic E-state index is 14.2. The second kappa shape index (κ2) is 13.4. The van der Waals surface area contributed by atoms with E-state index in [0.717, 1.165) is 46.4 Å². The number of carbonyl (C=O) groups excluding carboxylic acids is 2. The fourth-order valence-corrected chi connectivity index (χ4v) is 5.94. The summed E-state index contributed by atoms with van der Waals surface area (Å²) in [6.07, 6.45) is 4.24. The van der Waals surface area contributed by atoms with Gasteiger partial charge in [-0.15, -0.1) is 0 Å². The summed E-state index contributed by atoms with van der Waals surface area (Å²) in [5.74, 6) is -0.858. The minimum atomic E-state index is -0.601. The van der Waals surface area contributed by atoms with Gasteiger partial charge in [0.2, 0.25) is 5.91 Å². The lowest BCUT2D eigenvalue weighted by Crippen LogP contribution is -2.33. The molecule has 1 aliphatic heterocycles. The molecule has 11 heteroatoms. The van der Waals surface area contributed by atoms with Crippen LogP contribution in [0.1, 0.15) is 69.8 Å². The number of anilines is 1. The minimum Gasteiger partial charge on any atom is -0.381 e. The Kier molecular flexibility index (Phi) is 9.38. The summed E-state index contributed by atoms with van der Waals surface area (Å²) >= 11 is 3.48. The molecule has 1 fully saturated rings. The molecule has 4 aromatic rings. The van der Waals surface area contributed by atoms with Gasteiger partial charge >= 0.3 is 0 Å². The van der Waals surface area contributed by atoms with Gasteiger partial charge in [0.05, 0.1) is 29.4 Å². The van der Waals surface area contributed by atoms with Crippen LogP contribution in [0, 0.1) is 11.3 Å². The Morgan fingerprint density at radius 3 is 2.60 bits per heavy atom. The third-order valence-corrected chi connectivity index (χ3v) is 8.39. The Morgan fingerprint density at radius 2 is 1.93 bits per heavy atom. The molecule has 0 saturated carbocycles. The third kappa shape index (κ3) is 6.55. The molecule has 0 aliphatic carbocycles. The average Bonchev–Trinajstić information content (AvgIpc) is 3.44. The van der Waals surface area contributed by atoms with Crippen LogP contribution in [-0.2, 0) is 30.8 Å². The number of hydrogen-bond acceptors (Lipinski definition) is 7. The highest BCUT2D eigenvalue weighted by Crippen LogP contribution is 2.33. The molecule has 0 spiro atoms. The van der Waals surface area contributed by atoms with Crippen LogP contribution in [0.2, 0.25) is 0 Å². The van der Waals surface area contributed by atoms with E-state index in [1.807, 2.05) is 29.9 Å². The number of amides is 2. The summed E-state index contributed by atoms with van der Waals surface area (Å²) in [6, 6.07) is 14.3. The monoisotopic (exact) mass is 643 g/mol. The van der Waals surface area contributed by atoms with E-state index >= 15 is 0 Å². The summed E-state index contributed by atoms with van der Waals surface area (Å²) in [7, 11) is 0. The number of nitrogens with zero attached hydrogens (tertiary/aromatic N) is 5. The summed E-state index contributed by atoms with van der Waals surface area (Å²) in [6.45, 7) is 6.67. The standard InChI is InChI=1S/C32H34BrN7O3/c1-3-28-26(29(37-24-10-12-43-13-11-24)25-17-36-40(4-2)31(25)38-28)19-39(18-20-8-9-23(16-34)27(33)14-20)32(42)22-7-5-6-21(15-22)30(35)41/h5-9,14-15,17,24H,3-4,10-13,18-19H2,1-2H3,(H2,35,41)(H,37,38). The number of nitrogens with two attached hydrogens (primary N) is 1. The maximum absolute atomic E-state index is 14.2. The van der Waals surface area contributed by atoms with Gasteiger partial charge in [-0.1, -0.05) is 19.1 Å². The van der Waals surface area contributed by atoms with Crippen molar-refractivity contribution in [2.24, 2.45) is 5.73 Å². The Labute approximate surface area is 259 Å². The van der Waals surface area contributed by atoms with Crippen molar-refractivity contribution >= 4 is 44.5 Å². The third-order valence-electron chi connectivity index (χ3n) is 7.73. The molecule has 0 atom stereocenters. The van der Waals surface area contributed by atoms with E-state index in [1.54, 1.807) is 29.2 Å². The van der Waals surface area contributed by atoms with E-state index in [1.165, 1.54) is 6.07 Å². The molecular formula is C32H34BrN7O3. The molecule has 2 aromatic carbocycles. The molecule has 2 amide bonds. The quantitative estimate of drug-likeness (QED) is 0.243. The van der Waals surface area contributed by atoms with Crippen molar-refractivity contribution < 1.29 is 14.3 Å². The molecule has 43 heavy (non-hydrogen) atoms. The van der Waals surface area contributed by atoms with Crippen LogP contribution in [0.15, 0.2) is 53.1 Å². The number of nitrogens with one attached hydrogen (secondary N) is 1. The summed E-state index contributed by atoms with van der Waals surface area (Å²) in [4.78, 5) is 32.9. The summed E-state index contributed by atoms with van der Waals surface area (Å²) < 4.78 is 8.15. The molecule has 3 heterocycles. The van der Waals surface area contributed by atoms with E-state index in [9.17, 15) is 14.9 Å². The fourth-order valence-electron chi connectivity index (χ4n) is 5.43. The number of aryl methyl sites for hydroxylation is 2. The Bertz CT molecular complexity index is 1710. The van der Waals surface area contributed by atoms with Gasteiger partial charge in [0, 0.05) is 59.2 Å². The molecule has 2 aromatic heterocycles. The number of nitriles is 1. The number of halogens is 1. The molecule has 3 N–H and O–H groups in total. The molecule has 0 radical (unpaired) electrons. The van der Waals surface area contributed by atoms with Crippen molar-refractivity contribution in [1.29, 1.82) is 5.26 Å². The van der Waals surface area contributed by atoms with Crippen LogP contribution in [-0.4, -0.2) is 50.7 Å². The molecule has 5 rings (SSSR count). The number of primary amides is 1. The van der Waals surface area contributed by atoms with Gasteiger partial charge in [-0.25, -0.2) is 9.67 Å². The number of benzene rings is 2. The van der Waals surface area contributed by atoms with E-state index in [-0.39, 0.29) is 30.6 Å². The zero-order valence-electron chi connectivity index (χ0n) is 24.3. The molecule has 1 aliphatic rings. The molecule has 1 saturated heterocycles. The first kappa shape index (κ1) is 30.2. The molecule has 0 unspecified atom stereocenters. The highest BCUT2D eigenvalue weighted by atomic mass is 79.9. The largest absolute Gasteiger partial charge is 0.381 e. The number of aromatic nitrogens is 3. The van der Waals surface area contributed by atoms with Gasteiger partial charge in [-0.05, 0) is 78.0 Å². The lowest BCUT2D eigenvalue weighted by Gasteiger charge is -2.29. The van der Waals surface area contributed by atoms with E-state index in [0.29, 0.717) is 41.8 Å². The number of rotatable bonds is 10. The number of pyridine rings is 1. The Balaban J connectivity index is 1.62. The van der Waals surface area contributed by atoms with Crippen molar-refractivity contribution in [2.45, 2.75) is 58.8 Å². The van der Waals surface area contributed by atoms with Gasteiger partial charge < -0.3 is 20.7 Å². The molecule has 10 nitrogen and oxygen atoms in total. The van der Waals surface area contributed by atoms with E-state index in [4.69, 9.17) is 15.5 Å². The summed E-state index contributed by atoms with van der Waals surface area (Å²) in [5.41, 5.74) is 11.0. The van der Waals surface area contributed by atoms with Crippen molar-refractivity contribution in [3.05, 3.63) is 86.6 Å². The predicted octanol–water partition coefficient (Wildman–Crippen LogP) is 5.18. The van der Waals surface area contributed by atoms with Gasteiger partial charge in [-0.2, -0.15) is 10.4 Å². The molecule has 222 valence electrons. The van der Waals surface area contributed by atoms with Crippen LogP contribution < -0.4 is 11.1 Å². The van der Waals surface area contributed by atoms with Crippen molar-refractivity contribution in [1.82, 2.24) is 19.7 Å². The van der Waals surface area contributed by atoms with Crippen LogP contribution in [0.5, 0.6) is 0 Å². The summed E-state index contributed by atoms with van der Waals surface area (Å²) in [5, 5.41) is 18.7. The highest BCUT2D eigenvalue weighted by Gasteiger charge is 2.26. The topological polar surface area (TPSA) is 139 Å².